The predicted molar refractivity (Wildman–Crippen MR) is 94.4 cm³/mol. The van der Waals surface area contributed by atoms with E-state index in [9.17, 15) is 4.79 Å². The normalized spacial score (nSPS) is 22.5. The van der Waals surface area contributed by atoms with Gasteiger partial charge in [0.1, 0.15) is 0 Å². The molecule has 124 valence electrons. The maximum atomic E-state index is 12.3. The van der Waals surface area contributed by atoms with Gasteiger partial charge in [-0.15, -0.1) is 12.4 Å². The second-order valence-electron chi connectivity index (χ2n) is 6.42. The van der Waals surface area contributed by atoms with E-state index in [2.05, 4.69) is 31.3 Å². The zero-order valence-corrected chi connectivity index (χ0v) is 14.5. The van der Waals surface area contributed by atoms with Crippen molar-refractivity contribution in [3.8, 4) is 0 Å². The average Bonchev–Trinajstić information content (AvgIpc) is 2.48. The zero-order valence-electron chi connectivity index (χ0n) is 13.7. The maximum absolute atomic E-state index is 12.3. The third-order valence-electron chi connectivity index (χ3n) is 4.77. The Balaban J connectivity index is 0.00000242. The Kier molecular flexibility index (Phi) is 7.91. The van der Waals surface area contributed by atoms with Gasteiger partial charge in [0, 0.05) is 12.5 Å². The standard InChI is InChI=1S/C18H28N2O.ClH/c1-13-7-3-5-9-16(13)14(2)11-18(21)20-17-10-6-4-8-15(17)12-19;/h3,5,7,9,14-15,17H,4,6,8,10-12,19H2,1-2H3,(H,20,21);1H. The highest BCUT2D eigenvalue weighted by atomic mass is 35.5. The number of amides is 1. The number of carbonyl (C=O) groups is 1. The third kappa shape index (κ3) is 4.99. The van der Waals surface area contributed by atoms with Crippen LogP contribution in [0.4, 0.5) is 0 Å². The fourth-order valence-electron chi connectivity index (χ4n) is 3.47. The number of rotatable bonds is 5. The van der Waals surface area contributed by atoms with Gasteiger partial charge in [-0.05, 0) is 49.3 Å². The summed E-state index contributed by atoms with van der Waals surface area (Å²) in [6.07, 6.45) is 5.22. The van der Waals surface area contributed by atoms with E-state index in [4.69, 9.17) is 5.73 Å². The van der Waals surface area contributed by atoms with E-state index >= 15 is 0 Å². The number of benzene rings is 1. The number of nitrogens with two attached hydrogens (primary N) is 1. The predicted octanol–water partition coefficient (Wildman–Crippen LogP) is 3.54. The van der Waals surface area contributed by atoms with Crippen LogP contribution in [0.5, 0.6) is 0 Å². The molecule has 3 unspecified atom stereocenters. The summed E-state index contributed by atoms with van der Waals surface area (Å²) >= 11 is 0. The highest BCUT2D eigenvalue weighted by Crippen LogP contribution is 2.25. The Labute approximate surface area is 140 Å². The molecule has 0 aliphatic heterocycles. The summed E-state index contributed by atoms with van der Waals surface area (Å²) < 4.78 is 0. The molecule has 1 fully saturated rings. The Morgan fingerprint density at radius 3 is 2.68 bits per heavy atom. The van der Waals surface area contributed by atoms with E-state index in [1.807, 2.05) is 12.1 Å². The molecule has 1 amide bonds. The van der Waals surface area contributed by atoms with Gasteiger partial charge in [0.05, 0.1) is 0 Å². The van der Waals surface area contributed by atoms with Crippen molar-refractivity contribution < 1.29 is 4.79 Å². The van der Waals surface area contributed by atoms with Crippen LogP contribution in [0.3, 0.4) is 0 Å². The van der Waals surface area contributed by atoms with E-state index in [0.717, 1.165) is 12.8 Å². The molecule has 0 aromatic heterocycles. The molecule has 0 heterocycles. The Morgan fingerprint density at radius 2 is 2.00 bits per heavy atom. The van der Waals surface area contributed by atoms with Gasteiger partial charge in [-0.3, -0.25) is 4.79 Å². The third-order valence-corrected chi connectivity index (χ3v) is 4.77. The molecule has 1 aromatic rings. The van der Waals surface area contributed by atoms with Crippen molar-refractivity contribution >= 4 is 18.3 Å². The number of aryl methyl sites for hydroxylation is 1. The fourth-order valence-corrected chi connectivity index (χ4v) is 3.47. The van der Waals surface area contributed by atoms with Crippen LogP contribution in [0.25, 0.3) is 0 Å². The van der Waals surface area contributed by atoms with E-state index in [0.29, 0.717) is 18.9 Å². The monoisotopic (exact) mass is 324 g/mol. The molecule has 22 heavy (non-hydrogen) atoms. The number of hydrogen-bond acceptors (Lipinski definition) is 2. The molecule has 1 aliphatic carbocycles. The number of hydrogen-bond donors (Lipinski definition) is 2. The topological polar surface area (TPSA) is 55.1 Å². The molecule has 4 heteroatoms. The van der Waals surface area contributed by atoms with Gasteiger partial charge in [0.2, 0.25) is 5.91 Å². The van der Waals surface area contributed by atoms with Crippen molar-refractivity contribution in [2.75, 3.05) is 6.54 Å². The van der Waals surface area contributed by atoms with Gasteiger partial charge in [-0.25, -0.2) is 0 Å². The SMILES string of the molecule is Cc1ccccc1C(C)CC(=O)NC1CCCCC1CN.Cl. The summed E-state index contributed by atoms with van der Waals surface area (Å²) in [5.41, 5.74) is 8.36. The molecule has 3 nitrogen and oxygen atoms in total. The van der Waals surface area contributed by atoms with Gasteiger partial charge < -0.3 is 11.1 Å². The molecule has 0 bridgehead atoms. The van der Waals surface area contributed by atoms with Crippen LogP contribution < -0.4 is 11.1 Å². The summed E-state index contributed by atoms with van der Waals surface area (Å²) in [6, 6.07) is 8.59. The molecule has 0 saturated heterocycles. The van der Waals surface area contributed by atoms with Crippen LogP contribution in [0.2, 0.25) is 0 Å². The van der Waals surface area contributed by atoms with Crippen molar-refractivity contribution in [2.45, 2.75) is 57.9 Å². The summed E-state index contributed by atoms with van der Waals surface area (Å²) in [7, 11) is 0. The van der Waals surface area contributed by atoms with Crippen molar-refractivity contribution in [1.29, 1.82) is 0 Å². The van der Waals surface area contributed by atoms with E-state index < -0.39 is 0 Å². The minimum absolute atomic E-state index is 0. The van der Waals surface area contributed by atoms with Crippen LogP contribution >= 0.6 is 12.4 Å². The van der Waals surface area contributed by atoms with E-state index in [1.165, 1.54) is 24.0 Å². The Morgan fingerprint density at radius 1 is 1.32 bits per heavy atom. The first kappa shape index (κ1) is 19.0. The van der Waals surface area contributed by atoms with Crippen molar-refractivity contribution in [3.05, 3.63) is 35.4 Å². The van der Waals surface area contributed by atoms with E-state index in [-0.39, 0.29) is 30.3 Å². The highest BCUT2D eigenvalue weighted by molar-refractivity contribution is 5.85. The number of nitrogens with one attached hydrogen (secondary N) is 1. The van der Waals surface area contributed by atoms with Crippen molar-refractivity contribution in [2.24, 2.45) is 11.7 Å². The first-order chi connectivity index (χ1) is 10.1. The molecule has 1 aliphatic rings. The fraction of sp³-hybridized carbons (Fsp3) is 0.611. The Bertz CT molecular complexity index is 478. The van der Waals surface area contributed by atoms with Gasteiger partial charge in [-0.2, -0.15) is 0 Å². The summed E-state index contributed by atoms with van der Waals surface area (Å²) in [5.74, 6) is 0.874. The second-order valence-corrected chi connectivity index (χ2v) is 6.42. The average molecular weight is 325 g/mol. The molecule has 0 radical (unpaired) electrons. The highest BCUT2D eigenvalue weighted by Gasteiger charge is 2.25. The first-order valence-corrected chi connectivity index (χ1v) is 8.16. The van der Waals surface area contributed by atoms with Crippen LogP contribution in [-0.2, 0) is 4.79 Å². The molecule has 0 spiro atoms. The van der Waals surface area contributed by atoms with Gasteiger partial charge >= 0.3 is 0 Å². The quantitative estimate of drug-likeness (QED) is 0.870. The summed E-state index contributed by atoms with van der Waals surface area (Å²) in [5, 5.41) is 3.22. The Hall–Kier alpha value is -1.06. The van der Waals surface area contributed by atoms with Gasteiger partial charge in [0.15, 0.2) is 0 Å². The number of halogens is 1. The van der Waals surface area contributed by atoms with Crippen LogP contribution in [0, 0.1) is 12.8 Å². The lowest BCUT2D eigenvalue weighted by atomic mass is 9.84. The molecule has 2 rings (SSSR count). The summed E-state index contributed by atoms with van der Waals surface area (Å²) in [6.45, 7) is 4.91. The lowest BCUT2D eigenvalue weighted by molar-refractivity contribution is -0.122. The molecule has 3 atom stereocenters. The number of carbonyl (C=O) groups excluding carboxylic acids is 1. The van der Waals surface area contributed by atoms with Gasteiger partial charge in [-0.1, -0.05) is 44.0 Å². The zero-order chi connectivity index (χ0) is 15.2. The van der Waals surface area contributed by atoms with Crippen LogP contribution in [0.15, 0.2) is 24.3 Å². The van der Waals surface area contributed by atoms with Crippen molar-refractivity contribution in [3.63, 3.8) is 0 Å². The van der Waals surface area contributed by atoms with Crippen LogP contribution in [-0.4, -0.2) is 18.5 Å². The molecular weight excluding hydrogens is 296 g/mol. The minimum atomic E-state index is 0. The molecule has 1 aromatic carbocycles. The lowest BCUT2D eigenvalue weighted by Gasteiger charge is -2.31. The second kappa shape index (κ2) is 9.16. The lowest BCUT2D eigenvalue weighted by Crippen LogP contribution is -2.44. The molecule has 3 N–H and O–H groups in total. The first-order valence-electron chi connectivity index (χ1n) is 8.16. The largest absolute Gasteiger partial charge is 0.353 e. The van der Waals surface area contributed by atoms with Gasteiger partial charge in [0.25, 0.3) is 0 Å². The summed E-state index contributed by atoms with van der Waals surface area (Å²) in [4.78, 5) is 12.3. The molecular formula is C18H29ClN2O. The smallest absolute Gasteiger partial charge is 0.220 e. The van der Waals surface area contributed by atoms with Crippen LogP contribution in [0.1, 0.15) is 56.1 Å². The minimum Gasteiger partial charge on any atom is -0.353 e. The maximum Gasteiger partial charge on any atom is 0.220 e. The van der Waals surface area contributed by atoms with E-state index in [1.54, 1.807) is 0 Å². The van der Waals surface area contributed by atoms with Crippen molar-refractivity contribution in [1.82, 2.24) is 5.32 Å². The molecule has 1 saturated carbocycles.